The van der Waals surface area contributed by atoms with Gasteiger partial charge < -0.3 is 4.74 Å². The molecule has 0 spiro atoms. The number of rotatable bonds is 4. The molecule has 1 rings (SSSR count). The van der Waals surface area contributed by atoms with Crippen molar-refractivity contribution in [2.24, 2.45) is 0 Å². The van der Waals surface area contributed by atoms with E-state index in [0.29, 0.717) is 5.56 Å². The van der Waals surface area contributed by atoms with Crippen LogP contribution in [0.1, 0.15) is 44.9 Å². The SMILES string of the molecule is CC(c1ccc(C#N)cc1)N(C)CC(=O)OC(C)(C)C. The molecule has 1 unspecified atom stereocenters. The van der Waals surface area contributed by atoms with Crippen LogP contribution in [-0.4, -0.2) is 30.1 Å². The molecule has 0 aromatic heterocycles. The molecule has 20 heavy (non-hydrogen) atoms. The molecule has 1 aromatic rings. The first kappa shape index (κ1) is 16.2. The molecule has 0 saturated carbocycles. The van der Waals surface area contributed by atoms with Crippen molar-refractivity contribution in [2.75, 3.05) is 13.6 Å². The molecule has 0 fully saturated rings. The van der Waals surface area contributed by atoms with E-state index in [4.69, 9.17) is 10.00 Å². The number of nitrogens with zero attached hydrogens (tertiary/aromatic N) is 2. The fourth-order valence-electron chi connectivity index (χ4n) is 1.80. The summed E-state index contributed by atoms with van der Waals surface area (Å²) >= 11 is 0. The van der Waals surface area contributed by atoms with Gasteiger partial charge in [-0.2, -0.15) is 5.26 Å². The molecule has 0 aliphatic heterocycles. The predicted octanol–water partition coefficient (Wildman–Crippen LogP) is 2.89. The van der Waals surface area contributed by atoms with Crippen molar-refractivity contribution in [1.82, 2.24) is 4.90 Å². The highest BCUT2D eigenvalue weighted by Gasteiger charge is 2.20. The van der Waals surface area contributed by atoms with Gasteiger partial charge >= 0.3 is 5.97 Å². The molecule has 0 aliphatic carbocycles. The van der Waals surface area contributed by atoms with Crippen molar-refractivity contribution in [3.8, 4) is 6.07 Å². The molecule has 0 saturated heterocycles. The maximum Gasteiger partial charge on any atom is 0.320 e. The normalized spacial score (nSPS) is 12.8. The van der Waals surface area contributed by atoms with E-state index in [-0.39, 0.29) is 18.6 Å². The minimum Gasteiger partial charge on any atom is -0.459 e. The highest BCUT2D eigenvalue weighted by atomic mass is 16.6. The summed E-state index contributed by atoms with van der Waals surface area (Å²) in [5.41, 5.74) is 1.24. The maximum atomic E-state index is 11.8. The molecule has 0 radical (unpaired) electrons. The first-order valence-corrected chi connectivity index (χ1v) is 6.65. The van der Waals surface area contributed by atoms with Gasteiger partial charge in [-0.3, -0.25) is 9.69 Å². The number of carbonyl (C=O) groups excluding carboxylic acids is 1. The van der Waals surface area contributed by atoms with Crippen molar-refractivity contribution in [1.29, 1.82) is 5.26 Å². The van der Waals surface area contributed by atoms with Gasteiger partial charge in [0.15, 0.2) is 0 Å². The summed E-state index contributed by atoms with van der Waals surface area (Å²) < 4.78 is 5.31. The van der Waals surface area contributed by atoms with Crippen molar-refractivity contribution in [2.45, 2.75) is 39.3 Å². The van der Waals surface area contributed by atoms with Crippen molar-refractivity contribution < 1.29 is 9.53 Å². The van der Waals surface area contributed by atoms with Crippen LogP contribution in [0.2, 0.25) is 0 Å². The Labute approximate surface area is 121 Å². The Morgan fingerprint density at radius 1 is 1.35 bits per heavy atom. The fourth-order valence-corrected chi connectivity index (χ4v) is 1.80. The number of likely N-dealkylation sites (N-methyl/N-ethyl adjacent to an activating group) is 1. The number of hydrogen-bond donors (Lipinski definition) is 0. The second kappa shape index (κ2) is 6.53. The summed E-state index contributed by atoms with van der Waals surface area (Å²) in [6.45, 7) is 7.82. The molecule has 4 heteroatoms. The zero-order chi connectivity index (χ0) is 15.3. The largest absolute Gasteiger partial charge is 0.459 e. The van der Waals surface area contributed by atoms with Crippen molar-refractivity contribution >= 4 is 5.97 Å². The van der Waals surface area contributed by atoms with Crippen molar-refractivity contribution in [3.63, 3.8) is 0 Å². The number of esters is 1. The van der Waals surface area contributed by atoms with E-state index in [1.54, 1.807) is 12.1 Å². The molecule has 0 amide bonds. The van der Waals surface area contributed by atoms with Crippen LogP contribution >= 0.6 is 0 Å². The second-order valence-electron chi connectivity index (χ2n) is 5.91. The van der Waals surface area contributed by atoms with Crippen LogP contribution in [0.15, 0.2) is 24.3 Å². The Hall–Kier alpha value is -1.86. The zero-order valence-corrected chi connectivity index (χ0v) is 12.8. The first-order chi connectivity index (χ1) is 9.23. The van der Waals surface area contributed by atoms with Gasteiger partial charge in [0.1, 0.15) is 5.60 Å². The van der Waals surface area contributed by atoms with Gasteiger partial charge in [-0.1, -0.05) is 12.1 Å². The number of hydrogen-bond acceptors (Lipinski definition) is 4. The lowest BCUT2D eigenvalue weighted by molar-refractivity contribution is -0.156. The number of benzene rings is 1. The summed E-state index contributed by atoms with van der Waals surface area (Å²) in [6.07, 6.45) is 0. The number of ether oxygens (including phenoxy) is 1. The lowest BCUT2D eigenvalue weighted by atomic mass is 10.1. The zero-order valence-electron chi connectivity index (χ0n) is 12.8. The Morgan fingerprint density at radius 2 is 1.90 bits per heavy atom. The van der Waals surface area contributed by atoms with Crippen LogP contribution < -0.4 is 0 Å². The fraction of sp³-hybridized carbons (Fsp3) is 0.500. The minimum absolute atomic E-state index is 0.0789. The Bertz CT molecular complexity index is 495. The van der Waals surface area contributed by atoms with Crippen LogP contribution in [0.25, 0.3) is 0 Å². The van der Waals surface area contributed by atoms with Gasteiger partial charge in [0.05, 0.1) is 18.2 Å². The van der Waals surface area contributed by atoms with E-state index in [1.165, 1.54) is 0 Å². The smallest absolute Gasteiger partial charge is 0.320 e. The van der Waals surface area contributed by atoms with Gasteiger partial charge in [-0.05, 0) is 52.4 Å². The van der Waals surface area contributed by atoms with Crippen LogP contribution in [0.3, 0.4) is 0 Å². The van der Waals surface area contributed by atoms with E-state index >= 15 is 0 Å². The lowest BCUT2D eigenvalue weighted by Crippen LogP contribution is -2.34. The molecule has 0 heterocycles. The maximum absolute atomic E-state index is 11.8. The van der Waals surface area contributed by atoms with Gasteiger partial charge in [0, 0.05) is 6.04 Å². The Kier molecular flexibility index (Phi) is 5.29. The Balaban J connectivity index is 2.64. The van der Waals surface area contributed by atoms with Gasteiger partial charge in [-0.25, -0.2) is 0 Å². The highest BCUT2D eigenvalue weighted by molar-refractivity contribution is 5.72. The third kappa shape index (κ3) is 5.02. The summed E-state index contributed by atoms with van der Waals surface area (Å²) in [5.74, 6) is -0.236. The van der Waals surface area contributed by atoms with E-state index < -0.39 is 5.60 Å². The monoisotopic (exact) mass is 274 g/mol. The lowest BCUT2D eigenvalue weighted by Gasteiger charge is -2.26. The minimum atomic E-state index is -0.463. The molecule has 0 N–H and O–H groups in total. The van der Waals surface area contributed by atoms with Gasteiger partial charge in [0.25, 0.3) is 0 Å². The molecule has 0 aliphatic rings. The van der Waals surface area contributed by atoms with Gasteiger partial charge in [-0.15, -0.1) is 0 Å². The van der Waals surface area contributed by atoms with Crippen LogP contribution in [0.5, 0.6) is 0 Å². The topological polar surface area (TPSA) is 53.3 Å². The summed E-state index contributed by atoms with van der Waals surface area (Å²) in [6, 6.07) is 9.56. The van der Waals surface area contributed by atoms with Crippen LogP contribution in [0.4, 0.5) is 0 Å². The molecule has 1 atom stereocenters. The number of nitriles is 1. The third-order valence-corrected chi connectivity index (χ3v) is 2.98. The highest BCUT2D eigenvalue weighted by Crippen LogP contribution is 2.19. The molecule has 0 bridgehead atoms. The average Bonchev–Trinajstić information content (AvgIpc) is 2.35. The number of carbonyl (C=O) groups is 1. The average molecular weight is 274 g/mol. The molecular weight excluding hydrogens is 252 g/mol. The quantitative estimate of drug-likeness (QED) is 0.792. The first-order valence-electron chi connectivity index (χ1n) is 6.65. The van der Waals surface area contributed by atoms with Crippen molar-refractivity contribution in [3.05, 3.63) is 35.4 Å². The van der Waals surface area contributed by atoms with Crippen LogP contribution in [0, 0.1) is 11.3 Å². The summed E-state index contributed by atoms with van der Waals surface area (Å²) in [4.78, 5) is 13.7. The van der Waals surface area contributed by atoms with E-state index in [0.717, 1.165) is 5.56 Å². The van der Waals surface area contributed by atoms with Crippen LogP contribution in [-0.2, 0) is 9.53 Å². The molecule has 1 aromatic carbocycles. The predicted molar refractivity (Wildman–Crippen MR) is 78.0 cm³/mol. The van der Waals surface area contributed by atoms with E-state index in [1.807, 2.05) is 51.8 Å². The van der Waals surface area contributed by atoms with E-state index in [2.05, 4.69) is 6.07 Å². The Morgan fingerprint density at radius 3 is 2.35 bits per heavy atom. The summed E-state index contributed by atoms with van der Waals surface area (Å²) in [5, 5.41) is 8.78. The molecule has 108 valence electrons. The standard InChI is InChI=1S/C16H22N2O2/c1-12(14-8-6-13(10-17)7-9-14)18(5)11-15(19)20-16(2,3)4/h6-9,12H,11H2,1-5H3. The summed E-state index contributed by atoms with van der Waals surface area (Å²) in [7, 11) is 1.88. The second-order valence-corrected chi connectivity index (χ2v) is 5.91. The molecule has 4 nitrogen and oxygen atoms in total. The third-order valence-electron chi connectivity index (χ3n) is 2.98. The van der Waals surface area contributed by atoms with Gasteiger partial charge in [0.2, 0.25) is 0 Å². The molecular formula is C16H22N2O2. The van der Waals surface area contributed by atoms with E-state index in [9.17, 15) is 4.79 Å².